The number of halogens is 1. The van der Waals surface area contributed by atoms with Crippen LogP contribution in [0.25, 0.3) is 0 Å². The highest BCUT2D eigenvalue weighted by atomic mass is 35.5. The number of hydrogen-bond acceptors (Lipinski definition) is 3. The van der Waals surface area contributed by atoms with E-state index in [1.165, 1.54) is 0 Å². The highest BCUT2D eigenvalue weighted by molar-refractivity contribution is 5.90. The van der Waals surface area contributed by atoms with Gasteiger partial charge in [0.05, 0.1) is 12.7 Å². The maximum atomic E-state index is 13.4. The zero-order chi connectivity index (χ0) is 18.9. The first-order valence-corrected chi connectivity index (χ1v) is 9.47. The molecule has 0 bridgehead atoms. The van der Waals surface area contributed by atoms with Gasteiger partial charge in [-0.2, -0.15) is 5.10 Å². The van der Waals surface area contributed by atoms with E-state index in [2.05, 4.69) is 12.0 Å². The largest absolute Gasteiger partial charge is 0.459 e. The van der Waals surface area contributed by atoms with Crippen LogP contribution in [0.3, 0.4) is 0 Å². The van der Waals surface area contributed by atoms with Crippen LogP contribution in [0.1, 0.15) is 30.0 Å². The van der Waals surface area contributed by atoms with Gasteiger partial charge in [0.15, 0.2) is 0 Å². The highest BCUT2D eigenvalue weighted by Gasteiger charge is 2.58. The quantitative estimate of drug-likeness (QED) is 0.597. The van der Waals surface area contributed by atoms with Gasteiger partial charge in [0.1, 0.15) is 11.5 Å². The van der Waals surface area contributed by atoms with E-state index in [0.717, 1.165) is 23.1 Å². The van der Waals surface area contributed by atoms with Crippen molar-refractivity contribution in [2.45, 2.75) is 38.3 Å². The Bertz CT molecular complexity index is 888. The number of nitrogens with zero attached hydrogens (tertiary/aromatic N) is 2. The fraction of sp³-hybridized carbons (Fsp3) is 0.304. The monoisotopic (exact) mass is 414 g/mol. The van der Waals surface area contributed by atoms with Crippen molar-refractivity contribution < 1.29 is 15.0 Å². The maximum Gasteiger partial charge on any atom is 0.321 e. The molecule has 2 atom stereocenters. The van der Waals surface area contributed by atoms with Crippen LogP contribution in [-0.2, 0) is 21.5 Å². The van der Waals surface area contributed by atoms with Gasteiger partial charge < -0.3 is 10.2 Å². The molecule has 3 aromatic rings. The Morgan fingerprint density at radius 2 is 1.59 bits per heavy atom. The number of aromatic nitrogens is 2. The molecule has 2 unspecified atom stereocenters. The molecule has 2 heterocycles. The summed E-state index contributed by atoms with van der Waals surface area (Å²) in [6, 6.07) is 20.1. The summed E-state index contributed by atoms with van der Waals surface area (Å²) in [6.45, 7) is 4.72. The van der Waals surface area contributed by atoms with E-state index in [9.17, 15) is 4.79 Å². The minimum absolute atomic E-state index is 0. The fourth-order valence-electron chi connectivity index (χ4n) is 4.46. The number of carbonyl (C=O) groups is 1. The molecule has 1 aromatic heterocycles. The second-order valence-electron chi connectivity index (χ2n) is 7.24. The normalized spacial score (nSPS) is 19.7. The second kappa shape index (κ2) is 9.25. The van der Waals surface area contributed by atoms with Gasteiger partial charge in [-0.15, -0.1) is 12.4 Å². The Morgan fingerprint density at radius 3 is 2.03 bits per heavy atom. The Balaban J connectivity index is 0.00000150. The van der Waals surface area contributed by atoms with Crippen LogP contribution in [0.15, 0.2) is 73.1 Å². The van der Waals surface area contributed by atoms with Crippen LogP contribution in [0, 0.1) is 12.8 Å². The van der Waals surface area contributed by atoms with E-state index < -0.39 is 5.41 Å². The van der Waals surface area contributed by atoms with Gasteiger partial charge in [0.2, 0.25) is 0 Å². The summed E-state index contributed by atoms with van der Waals surface area (Å²) in [7, 11) is 0. The Kier molecular flexibility index (Phi) is 7.22. The van der Waals surface area contributed by atoms with E-state index in [-0.39, 0.29) is 35.9 Å². The van der Waals surface area contributed by atoms with Crippen molar-refractivity contribution in [2.75, 3.05) is 0 Å². The zero-order valence-corrected chi connectivity index (χ0v) is 17.4. The second-order valence-corrected chi connectivity index (χ2v) is 7.24. The van der Waals surface area contributed by atoms with Crippen LogP contribution >= 0.6 is 12.4 Å². The van der Waals surface area contributed by atoms with Gasteiger partial charge in [-0.1, -0.05) is 67.6 Å². The lowest BCUT2D eigenvalue weighted by Crippen LogP contribution is -2.41. The van der Waals surface area contributed by atoms with Gasteiger partial charge in [0, 0.05) is 12.1 Å². The summed E-state index contributed by atoms with van der Waals surface area (Å²) in [5.74, 6) is -0.139. The van der Waals surface area contributed by atoms with Crippen molar-refractivity contribution in [2.24, 2.45) is 5.92 Å². The van der Waals surface area contributed by atoms with Crippen molar-refractivity contribution in [1.82, 2.24) is 9.78 Å². The van der Waals surface area contributed by atoms with Gasteiger partial charge in [-0.3, -0.25) is 9.48 Å². The Labute approximate surface area is 177 Å². The molecule has 1 aliphatic heterocycles. The van der Waals surface area contributed by atoms with Crippen molar-refractivity contribution in [1.29, 1.82) is 0 Å². The smallest absolute Gasteiger partial charge is 0.321 e. The minimum Gasteiger partial charge on any atom is -0.459 e. The number of hydrogen-bond donors (Lipinski definition) is 0. The molecule has 2 aromatic carbocycles. The van der Waals surface area contributed by atoms with Gasteiger partial charge in [0.25, 0.3) is 0 Å². The van der Waals surface area contributed by atoms with E-state index in [4.69, 9.17) is 4.74 Å². The number of rotatable bonds is 5. The molecule has 2 N–H and O–H groups in total. The van der Waals surface area contributed by atoms with E-state index in [1.54, 1.807) is 0 Å². The number of esters is 1. The lowest BCUT2D eigenvalue weighted by molar-refractivity contribution is -0.145. The summed E-state index contributed by atoms with van der Waals surface area (Å²) in [4.78, 5) is 13.4. The van der Waals surface area contributed by atoms with E-state index in [0.29, 0.717) is 6.54 Å². The summed E-state index contributed by atoms with van der Waals surface area (Å²) in [6.07, 6.45) is 4.44. The highest BCUT2D eigenvalue weighted by Crippen LogP contribution is 2.49. The molecule has 154 valence electrons. The van der Waals surface area contributed by atoms with Crippen molar-refractivity contribution >= 4 is 18.4 Å². The molecule has 6 heteroatoms. The standard InChI is InChI=1S/C23H24N2O2.ClH.H2O/c1-3-20-21(16-25-15-17(2)14-24-25)27-22(26)23(20,18-10-6-4-7-11-18)19-12-8-5-9-13-19;;/h4-15,20-21H,3,16H2,1-2H3;1H;1H2. The Morgan fingerprint density at radius 1 is 1.03 bits per heavy atom. The van der Waals surface area contributed by atoms with Crippen molar-refractivity contribution in [3.05, 3.63) is 89.7 Å². The third-order valence-electron chi connectivity index (χ3n) is 5.61. The minimum atomic E-state index is -0.788. The predicted molar refractivity (Wildman–Crippen MR) is 115 cm³/mol. The van der Waals surface area contributed by atoms with Crippen LogP contribution in [0.4, 0.5) is 0 Å². The molecule has 0 aliphatic carbocycles. The first kappa shape index (κ1) is 22.7. The molecule has 1 fully saturated rings. The average Bonchev–Trinajstić information content (AvgIpc) is 3.23. The molecule has 0 saturated carbocycles. The third kappa shape index (κ3) is 3.80. The number of aryl methyl sites for hydroxylation is 1. The molecular formula is C23H27ClN2O3. The number of benzene rings is 2. The molecule has 0 radical (unpaired) electrons. The maximum absolute atomic E-state index is 13.4. The molecule has 29 heavy (non-hydrogen) atoms. The number of cyclic esters (lactones) is 1. The third-order valence-corrected chi connectivity index (χ3v) is 5.61. The van der Waals surface area contributed by atoms with Crippen molar-refractivity contribution in [3.63, 3.8) is 0 Å². The molecule has 4 rings (SSSR count). The Hall–Kier alpha value is -2.63. The average molecular weight is 415 g/mol. The fourth-order valence-corrected chi connectivity index (χ4v) is 4.46. The lowest BCUT2D eigenvalue weighted by atomic mass is 9.64. The van der Waals surface area contributed by atoms with E-state index >= 15 is 0 Å². The summed E-state index contributed by atoms with van der Waals surface area (Å²) in [5.41, 5.74) is 2.30. The molecule has 1 saturated heterocycles. The molecular weight excluding hydrogens is 388 g/mol. The lowest BCUT2D eigenvalue weighted by Gasteiger charge is -2.33. The van der Waals surface area contributed by atoms with Gasteiger partial charge in [-0.25, -0.2) is 0 Å². The van der Waals surface area contributed by atoms with Gasteiger partial charge >= 0.3 is 5.97 Å². The van der Waals surface area contributed by atoms with Crippen LogP contribution < -0.4 is 0 Å². The SMILES string of the molecule is CCC1C(Cn2cc(C)cn2)OC(=O)C1(c1ccccc1)c1ccccc1.Cl.O. The molecule has 5 nitrogen and oxygen atoms in total. The van der Waals surface area contributed by atoms with Crippen molar-refractivity contribution in [3.8, 4) is 0 Å². The summed E-state index contributed by atoms with van der Waals surface area (Å²) < 4.78 is 7.88. The van der Waals surface area contributed by atoms with Gasteiger partial charge in [-0.05, 0) is 30.0 Å². The number of ether oxygens (including phenoxy) is 1. The topological polar surface area (TPSA) is 75.6 Å². The molecule has 0 spiro atoms. The molecule has 1 aliphatic rings. The zero-order valence-electron chi connectivity index (χ0n) is 16.6. The first-order valence-electron chi connectivity index (χ1n) is 9.47. The summed E-state index contributed by atoms with van der Waals surface area (Å²) in [5, 5.41) is 4.39. The first-order chi connectivity index (χ1) is 13.2. The predicted octanol–water partition coefficient (Wildman–Crippen LogP) is 3.73. The number of carbonyl (C=O) groups excluding carboxylic acids is 1. The van der Waals surface area contributed by atoms with Crippen LogP contribution in [0.5, 0.6) is 0 Å². The van der Waals surface area contributed by atoms with Crippen LogP contribution in [-0.4, -0.2) is 27.3 Å². The van der Waals surface area contributed by atoms with E-state index in [1.807, 2.05) is 84.7 Å². The molecule has 0 amide bonds. The van der Waals surface area contributed by atoms with Crippen LogP contribution in [0.2, 0.25) is 0 Å². The summed E-state index contributed by atoms with van der Waals surface area (Å²) >= 11 is 0.